The predicted octanol–water partition coefficient (Wildman–Crippen LogP) is 4.54. The van der Waals surface area contributed by atoms with Gasteiger partial charge in [0.05, 0.1) is 0 Å². The minimum atomic E-state index is -0.344. The van der Waals surface area contributed by atoms with Gasteiger partial charge in [0.15, 0.2) is 0 Å². The first kappa shape index (κ1) is 16.0. The highest BCUT2D eigenvalue weighted by molar-refractivity contribution is 5.29. The zero-order valence-electron chi connectivity index (χ0n) is 12.1. The highest BCUT2D eigenvalue weighted by Crippen LogP contribution is 2.20. The number of unbranched alkanes of at least 4 members (excludes halogenated alkanes) is 5. The number of phenolic OH excluding ortho intramolecular Hbond substituents is 1. The van der Waals surface area contributed by atoms with Crippen LogP contribution >= 0.6 is 0 Å². The largest absolute Gasteiger partial charge is 0.508 e. The summed E-state index contributed by atoms with van der Waals surface area (Å²) in [6.07, 6.45) is 7.57. The second-order valence-electron chi connectivity index (χ2n) is 5.15. The van der Waals surface area contributed by atoms with Crippen LogP contribution < -0.4 is 5.32 Å². The molecule has 0 heterocycles. The smallest absolute Gasteiger partial charge is 0.131 e. The maximum Gasteiger partial charge on any atom is 0.131 e. The van der Waals surface area contributed by atoms with Gasteiger partial charge in [-0.25, -0.2) is 4.39 Å². The summed E-state index contributed by atoms with van der Waals surface area (Å²) in [5, 5.41) is 12.5. The van der Waals surface area contributed by atoms with E-state index in [4.69, 9.17) is 0 Å². The molecule has 0 amide bonds. The van der Waals surface area contributed by atoms with Crippen molar-refractivity contribution in [2.45, 2.75) is 58.4 Å². The fraction of sp³-hybridized carbons (Fsp3) is 0.625. The minimum absolute atomic E-state index is 0.0174. The normalized spacial score (nSPS) is 12.6. The van der Waals surface area contributed by atoms with Crippen molar-refractivity contribution in [1.82, 2.24) is 5.32 Å². The lowest BCUT2D eigenvalue weighted by atomic mass is 10.1. The number of hydrogen-bond acceptors (Lipinski definition) is 2. The first-order chi connectivity index (χ1) is 9.15. The van der Waals surface area contributed by atoms with Gasteiger partial charge >= 0.3 is 0 Å². The van der Waals surface area contributed by atoms with E-state index in [1.807, 2.05) is 6.92 Å². The average molecular weight is 267 g/mol. The Kier molecular flexibility index (Phi) is 7.49. The van der Waals surface area contributed by atoms with Crippen LogP contribution in [0, 0.1) is 5.82 Å². The van der Waals surface area contributed by atoms with Gasteiger partial charge in [-0.2, -0.15) is 0 Å². The van der Waals surface area contributed by atoms with E-state index < -0.39 is 0 Å². The summed E-state index contributed by atoms with van der Waals surface area (Å²) in [5.74, 6) is -0.368. The molecule has 19 heavy (non-hydrogen) atoms. The number of benzene rings is 1. The number of hydrogen-bond donors (Lipinski definition) is 2. The standard InChI is InChI=1S/C16H26FNO/c1-3-4-5-6-7-8-11-18-13(2)15-10-9-14(19)12-16(15)17/h9-10,12-13,18-19H,3-8,11H2,1-2H3. The predicted molar refractivity (Wildman–Crippen MR) is 77.9 cm³/mol. The molecular weight excluding hydrogens is 241 g/mol. The molecule has 3 heteroatoms. The highest BCUT2D eigenvalue weighted by atomic mass is 19.1. The molecule has 2 N–H and O–H groups in total. The molecule has 0 saturated carbocycles. The molecule has 0 aromatic heterocycles. The van der Waals surface area contributed by atoms with Gasteiger partial charge in [0.25, 0.3) is 0 Å². The van der Waals surface area contributed by atoms with Crippen LogP contribution in [0.15, 0.2) is 18.2 Å². The minimum Gasteiger partial charge on any atom is -0.508 e. The summed E-state index contributed by atoms with van der Waals surface area (Å²) in [5.41, 5.74) is 0.615. The van der Waals surface area contributed by atoms with Gasteiger partial charge in [0.2, 0.25) is 0 Å². The van der Waals surface area contributed by atoms with E-state index in [-0.39, 0.29) is 17.6 Å². The lowest BCUT2D eigenvalue weighted by molar-refractivity contribution is 0.462. The fourth-order valence-electron chi connectivity index (χ4n) is 2.20. The first-order valence-corrected chi connectivity index (χ1v) is 7.37. The molecule has 2 nitrogen and oxygen atoms in total. The lowest BCUT2D eigenvalue weighted by Gasteiger charge is -2.15. The van der Waals surface area contributed by atoms with Gasteiger partial charge in [-0.05, 0) is 26.0 Å². The van der Waals surface area contributed by atoms with Crippen LogP contribution in [0.3, 0.4) is 0 Å². The fourth-order valence-corrected chi connectivity index (χ4v) is 2.20. The second-order valence-corrected chi connectivity index (χ2v) is 5.15. The molecule has 0 bridgehead atoms. The molecule has 0 aliphatic rings. The Morgan fingerprint density at radius 3 is 2.53 bits per heavy atom. The van der Waals surface area contributed by atoms with Crippen molar-refractivity contribution in [2.75, 3.05) is 6.54 Å². The molecule has 108 valence electrons. The van der Waals surface area contributed by atoms with Crippen molar-refractivity contribution in [3.05, 3.63) is 29.6 Å². The van der Waals surface area contributed by atoms with Gasteiger partial charge in [0, 0.05) is 17.7 Å². The Balaban J connectivity index is 2.22. The maximum absolute atomic E-state index is 13.6. The summed E-state index contributed by atoms with van der Waals surface area (Å²) in [6, 6.07) is 4.32. The van der Waals surface area contributed by atoms with E-state index in [1.165, 1.54) is 38.2 Å². The van der Waals surface area contributed by atoms with Crippen LogP contribution in [0.1, 0.15) is 64.0 Å². The molecule has 1 aromatic rings. The number of halogens is 1. The summed E-state index contributed by atoms with van der Waals surface area (Å²) >= 11 is 0. The van der Waals surface area contributed by atoms with Crippen molar-refractivity contribution >= 4 is 0 Å². The molecule has 1 aromatic carbocycles. The van der Waals surface area contributed by atoms with E-state index in [0.29, 0.717) is 5.56 Å². The van der Waals surface area contributed by atoms with Crippen LogP contribution in [-0.2, 0) is 0 Å². The van der Waals surface area contributed by atoms with E-state index in [2.05, 4.69) is 12.2 Å². The molecule has 0 spiro atoms. The van der Waals surface area contributed by atoms with Crippen LogP contribution in [0.5, 0.6) is 5.75 Å². The second kappa shape index (κ2) is 8.92. The number of aromatic hydroxyl groups is 1. The Labute approximate surface area is 116 Å². The number of nitrogens with one attached hydrogen (secondary N) is 1. The van der Waals surface area contributed by atoms with E-state index in [0.717, 1.165) is 19.0 Å². The molecule has 0 aliphatic heterocycles. The third-order valence-electron chi connectivity index (χ3n) is 3.43. The van der Waals surface area contributed by atoms with Crippen LogP contribution in [-0.4, -0.2) is 11.7 Å². The summed E-state index contributed by atoms with van der Waals surface area (Å²) < 4.78 is 13.6. The summed E-state index contributed by atoms with van der Waals surface area (Å²) in [4.78, 5) is 0. The van der Waals surface area contributed by atoms with Crippen molar-refractivity contribution in [3.8, 4) is 5.75 Å². The van der Waals surface area contributed by atoms with Crippen LogP contribution in [0.4, 0.5) is 4.39 Å². The monoisotopic (exact) mass is 267 g/mol. The molecule has 1 unspecified atom stereocenters. The first-order valence-electron chi connectivity index (χ1n) is 7.37. The zero-order chi connectivity index (χ0) is 14.1. The molecular formula is C16H26FNO. The summed E-state index contributed by atoms with van der Waals surface area (Å²) in [7, 11) is 0. The van der Waals surface area contributed by atoms with E-state index in [9.17, 15) is 9.50 Å². The van der Waals surface area contributed by atoms with E-state index >= 15 is 0 Å². The van der Waals surface area contributed by atoms with Crippen molar-refractivity contribution < 1.29 is 9.50 Å². The molecule has 1 atom stereocenters. The van der Waals surface area contributed by atoms with Crippen molar-refractivity contribution in [3.63, 3.8) is 0 Å². The molecule has 1 rings (SSSR count). The van der Waals surface area contributed by atoms with E-state index in [1.54, 1.807) is 6.07 Å². The number of rotatable bonds is 9. The third-order valence-corrected chi connectivity index (χ3v) is 3.43. The van der Waals surface area contributed by atoms with Gasteiger partial charge in [0.1, 0.15) is 11.6 Å². The van der Waals surface area contributed by atoms with Crippen molar-refractivity contribution in [2.24, 2.45) is 0 Å². The maximum atomic E-state index is 13.6. The zero-order valence-corrected chi connectivity index (χ0v) is 12.1. The number of phenols is 1. The van der Waals surface area contributed by atoms with Crippen molar-refractivity contribution in [1.29, 1.82) is 0 Å². The van der Waals surface area contributed by atoms with Gasteiger partial charge in [-0.15, -0.1) is 0 Å². The van der Waals surface area contributed by atoms with Gasteiger partial charge < -0.3 is 10.4 Å². The lowest BCUT2D eigenvalue weighted by Crippen LogP contribution is -2.20. The molecule has 0 saturated heterocycles. The van der Waals surface area contributed by atoms with Crippen LogP contribution in [0.25, 0.3) is 0 Å². The Hall–Kier alpha value is -1.09. The van der Waals surface area contributed by atoms with Gasteiger partial charge in [-0.3, -0.25) is 0 Å². The summed E-state index contributed by atoms with van der Waals surface area (Å²) in [6.45, 7) is 5.08. The SMILES string of the molecule is CCCCCCCCNC(C)c1ccc(O)cc1F. The molecule has 0 radical (unpaired) electrons. The van der Waals surface area contributed by atoms with Gasteiger partial charge in [-0.1, -0.05) is 45.1 Å². The Morgan fingerprint density at radius 2 is 1.84 bits per heavy atom. The Bertz CT molecular complexity index is 368. The highest BCUT2D eigenvalue weighted by Gasteiger charge is 2.10. The Morgan fingerprint density at radius 1 is 1.16 bits per heavy atom. The molecule has 0 aliphatic carbocycles. The average Bonchev–Trinajstić information content (AvgIpc) is 2.37. The van der Waals surface area contributed by atoms with Crippen LogP contribution in [0.2, 0.25) is 0 Å². The quantitative estimate of drug-likeness (QED) is 0.644. The third kappa shape index (κ3) is 6.06. The molecule has 0 fully saturated rings. The topological polar surface area (TPSA) is 32.3 Å².